The van der Waals surface area contributed by atoms with Gasteiger partial charge in [-0.05, 0) is 30.7 Å². The summed E-state index contributed by atoms with van der Waals surface area (Å²) in [5, 5.41) is 1.05. The molecular weight excluding hydrogens is 273 g/mol. The predicted molar refractivity (Wildman–Crippen MR) is 80.7 cm³/mol. The van der Waals surface area contributed by atoms with Gasteiger partial charge in [0.25, 0.3) is 0 Å². The molecule has 0 radical (unpaired) electrons. The Kier molecular flexibility index (Phi) is 3.36. The first-order valence-corrected chi connectivity index (χ1v) is 7.12. The van der Waals surface area contributed by atoms with Crippen LogP contribution in [-0.4, -0.2) is 17.0 Å². The normalized spacial score (nSPS) is 10.9. The quantitative estimate of drug-likeness (QED) is 0.734. The third-order valence-corrected chi connectivity index (χ3v) is 4.06. The lowest BCUT2D eigenvalue weighted by Crippen LogP contribution is -2.18. The van der Waals surface area contributed by atoms with Crippen LogP contribution in [0, 0.1) is 12.7 Å². The summed E-state index contributed by atoms with van der Waals surface area (Å²) in [4.78, 5) is 12.9. The maximum Gasteiger partial charge on any atom is 0.140 e. The van der Waals surface area contributed by atoms with Crippen molar-refractivity contribution < 1.29 is 4.39 Å². The number of nitrogens with zero attached hydrogens (tertiary/aromatic N) is 3. The lowest BCUT2D eigenvalue weighted by atomic mass is 10.2. The van der Waals surface area contributed by atoms with Crippen molar-refractivity contribution in [3.63, 3.8) is 0 Å². The number of benzene rings is 1. The van der Waals surface area contributed by atoms with E-state index in [4.69, 9.17) is 0 Å². The summed E-state index contributed by atoms with van der Waals surface area (Å²) >= 11 is 1.65. The van der Waals surface area contributed by atoms with E-state index in [1.807, 2.05) is 18.0 Å². The van der Waals surface area contributed by atoms with Crippen molar-refractivity contribution in [2.75, 3.05) is 11.9 Å². The van der Waals surface area contributed by atoms with Crippen LogP contribution < -0.4 is 4.90 Å². The van der Waals surface area contributed by atoms with Crippen molar-refractivity contribution in [1.29, 1.82) is 0 Å². The molecule has 20 heavy (non-hydrogen) atoms. The van der Waals surface area contributed by atoms with Gasteiger partial charge in [-0.2, -0.15) is 0 Å². The van der Waals surface area contributed by atoms with E-state index in [2.05, 4.69) is 23.0 Å². The Labute approximate surface area is 120 Å². The van der Waals surface area contributed by atoms with E-state index in [9.17, 15) is 4.39 Å². The van der Waals surface area contributed by atoms with Crippen LogP contribution in [-0.2, 0) is 6.54 Å². The molecule has 0 aliphatic heterocycles. The fourth-order valence-electron chi connectivity index (χ4n) is 2.25. The number of halogens is 1. The van der Waals surface area contributed by atoms with Crippen LogP contribution in [0.2, 0.25) is 0 Å². The molecule has 0 N–H and O–H groups in total. The first-order chi connectivity index (χ1) is 9.63. The summed E-state index contributed by atoms with van der Waals surface area (Å²) < 4.78 is 13.2. The second kappa shape index (κ2) is 5.17. The number of anilines is 1. The molecule has 2 aromatic heterocycles. The van der Waals surface area contributed by atoms with Gasteiger partial charge in [-0.1, -0.05) is 12.1 Å². The van der Waals surface area contributed by atoms with Crippen molar-refractivity contribution in [3.05, 3.63) is 52.9 Å². The van der Waals surface area contributed by atoms with Crippen molar-refractivity contribution >= 4 is 27.4 Å². The fraction of sp³-hybridized carbons (Fsp3) is 0.200. The van der Waals surface area contributed by atoms with E-state index in [1.165, 1.54) is 10.9 Å². The average molecular weight is 287 g/mol. The lowest BCUT2D eigenvalue weighted by molar-refractivity contribution is 0.625. The van der Waals surface area contributed by atoms with Crippen molar-refractivity contribution in [3.8, 4) is 0 Å². The molecule has 3 aromatic rings. The van der Waals surface area contributed by atoms with E-state index in [0.29, 0.717) is 6.54 Å². The van der Waals surface area contributed by atoms with Gasteiger partial charge in [0, 0.05) is 18.5 Å². The molecule has 1 aromatic carbocycles. The van der Waals surface area contributed by atoms with Gasteiger partial charge < -0.3 is 4.90 Å². The minimum atomic E-state index is -0.213. The van der Waals surface area contributed by atoms with Gasteiger partial charge in [0.1, 0.15) is 22.8 Å². The first kappa shape index (κ1) is 13.0. The van der Waals surface area contributed by atoms with E-state index in [-0.39, 0.29) is 5.82 Å². The molecule has 0 atom stereocenters. The lowest BCUT2D eigenvalue weighted by Gasteiger charge is -2.18. The molecule has 0 unspecified atom stereocenters. The molecule has 0 spiro atoms. The van der Waals surface area contributed by atoms with Gasteiger partial charge >= 0.3 is 0 Å². The summed E-state index contributed by atoms with van der Waals surface area (Å²) in [6, 6.07) is 8.74. The summed E-state index contributed by atoms with van der Waals surface area (Å²) in [6.07, 6.45) is 1.58. The predicted octanol–water partition coefficient (Wildman–Crippen LogP) is 3.78. The van der Waals surface area contributed by atoms with E-state index >= 15 is 0 Å². The SMILES string of the molecule is Cc1cc2c(N(C)Cc3cccc(F)c3)ncnc2s1. The minimum Gasteiger partial charge on any atom is -0.355 e. The number of aromatic nitrogens is 2. The fourth-order valence-corrected chi connectivity index (χ4v) is 3.09. The average Bonchev–Trinajstić information content (AvgIpc) is 2.78. The number of hydrogen-bond acceptors (Lipinski definition) is 4. The second-order valence-corrected chi connectivity index (χ2v) is 5.99. The maximum absolute atomic E-state index is 13.2. The zero-order valence-corrected chi connectivity index (χ0v) is 12.1. The molecule has 3 nitrogen and oxygen atoms in total. The van der Waals surface area contributed by atoms with Crippen molar-refractivity contribution in [1.82, 2.24) is 9.97 Å². The number of rotatable bonds is 3. The van der Waals surface area contributed by atoms with Crippen LogP contribution in [0.1, 0.15) is 10.4 Å². The van der Waals surface area contributed by atoms with Crippen LogP contribution in [0.5, 0.6) is 0 Å². The monoisotopic (exact) mass is 287 g/mol. The number of aryl methyl sites for hydroxylation is 1. The van der Waals surface area contributed by atoms with Crippen LogP contribution in [0.3, 0.4) is 0 Å². The molecule has 2 heterocycles. The van der Waals surface area contributed by atoms with Gasteiger partial charge in [-0.25, -0.2) is 14.4 Å². The zero-order valence-electron chi connectivity index (χ0n) is 11.3. The molecule has 0 amide bonds. The van der Waals surface area contributed by atoms with E-state index < -0.39 is 0 Å². The van der Waals surface area contributed by atoms with Gasteiger partial charge in [0.05, 0.1) is 5.39 Å². The Morgan fingerprint density at radius 2 is 2.10 bits per heavy atom. The van der Waals surface area contributed by atoms with Gasteiger partial charge in [0.15, 0.2) is 0 Å². The van der Waals surface area contributed by atoms with Crippen molar-refractivity contribution in [2.24, 2.45) is 0 Å². The standard InChI is InChI=1S/C15H14FN3S/c1-10-6-13-14(17-9-18-15(13)20-10)19(2)8-11-4-3-5-12(16)7-11/h3-7,9H,8H2,1-2H3. The summed E-state index contributed by atoms with van der Waals surface area (Å²) in [6.45, 7) is 2.67. The molecular formula is C15H14FN3S. The summed E-state index contributed by atoms with van der Waals surface area (Å²) in [7, 11) is 1.96. The molecule has 5 heteroatoms. The molecule has 0 bridgehead atoms. The highest BCUT2D eigenvalue weighted by Gasteiger charge is 2.11. The topological polar surface area (TPSA) is 29.0 Å². The molecule has 0 saturated carbocycles. The largest absolute Gasteiger partial charge is 0.355 e. The van der Waals surface area contributed by atoms with Crippen LogP contribution >= 0.6 is 11.3 Å². The van der Waals surface area contributed by atoms with Crippen molar-refractivity contribution in [2.45, 2.75) is 13.5 Å². The Morgan fingerprint density at radius 3 is 2.90 bits per heavy atom. The van der Waals surface area contributed by atoms with Crippen LogP contribution in [0.15, 0.2) is 36.7 Å². The summed E-state index contributed by atoms with van der Waals surface area (Å²) in [5.74, 6) is 0.665. The van der Waals surface area contributed by atoms with Crippen LogP contribution in [0.25, 0.3) is 10.2 Å². The number of fused-ring (bicyclic) bond motifs is 1. The highest BCUT2D eigenvalue weighted by Crippen LogP contribution is 2.29. The van der Waals surface area contributed by atoms with E-state index in [1.54, 1.807) is 29.8 Å². The third-order valence-electron chi connectivity index (χ3n) is 3.10. The minimum absolute atomic E-state index is 0.213. The van der Waals surface area contributed by atoms with Crippen LogP contribution in [0.4, 0.5) is 10.2 Å². The summed E-state index contributed by atoms with van der Waals surface area (Å²) in [5.41, 5.74) is 0.922. The molecule has 0 saturated heterocycles. The Bertz CT molecular complexity index is 754. The second-order valence-electron chi connectivity index (χ2n) is 4.76. The molecule has 0 aliphatic rings. The van der Waals surface area contributed by atoms with Gasteiger partial charge in [-0.15, -0.1) is 11.3 Å². The highest BCUT2D eigenvalue weighted by atomic mass is 32.1. The molecule has 0 aliphatic carbocycles. The maximum atomic E-state index is 13.2. The molecule has 3 rings (SSSR count). The van der Waals surface area contributed by atoms with Gasteiger partial charge in [0.2, 0.25) is 0 Å². The Morgan fingerprint density at radius 1 is 1.25 bits per heavy atom. The highest BCUT2D eigenvalue weighted by molar-refractivity contribution is 7.18. The number of thiophene rings is 1. The molecule has 0 fully saturated rings. The van der Waals surface area contributed by atoms with Gasteiger partial charge in [-0.3, -0.25) is 0 Å². The number of hydrogen-bond donors (Lipinski definition) is 0. The van der Waals surface area contributed by atoms with E-state index in [0.717, 1.165) is 21.6 Å². The zero-order chi connectivity index (χ0) is 14.1. The Balaban J connectivity index is 1.94. The first-order valence-electron chi connectivity index (χ1n) is 6.30. The molecule has 102 valence electrons. The Hall–Kier alpha value is -2.01. The smallest absolute Gasteiger partial charge is 0.140 e. The third kappa shape index (κ3) is 2.49.